The van der Waals surface area contributed by atoms with Gasteiger partial charge >= 0.3 is 0 Å². The molecule has 0 radical (unpaired) electrons. The first-order chi connectivity index (χ1) is 14.2. The molecule has 0 N–H and O–H groups in total. The van der Waals surface area contributed by atoms with Gasteiger partial charge in [-0.05, 0) is 38.5 Å². The Balaban J connectivity index is 1.80. The first-order valence-corrected chi connectivity index (χ1v) is 10.7. The highest BCUT2D eigenvalue weighted by molar-refractivity contribution is 5.92. The van der Waals surface area contributed by atoms with Crippen LogP contribution < -0.4 is 0 Å². The minimum atomic E-state index is -0.648. The number of Topliss-reactive ketones (excluding diaryl/α,β-unsaturated/α-hetero) is 1. The van der Waals surface area contributed by atoms with Crippen molar-refractivity contribution in [2.75, 3.05) is 27.4 Å². The largest absolute Gasteiger partial charge is 0.355 e. The third-order valence-electron chi connectivity index (χ3n) is 6.07. The SMILES string of the molecule is COC(OC)[C@H]1[C@H](C(=O)CC=O)[C@H](OC2CCCCO2)C[C@@H]1OC1CCCCO1. The van der Waals surface area contributed by atoms with Crippen LogP contribution in [0.2, 0.25) is 0 Å². The molecule has 0 spiro atoms. The van der Waals surface area contributed by atoms with E-state index in [1.165, 1.54) is 0 Å². The van der Waals surface area contributed by atoms with Crippen molar-refractivity contribution in [3.8, 4) is 0 Å². The summed E-state index contributed by atoms with van der Waals surface area (Å²) in [7, 11) is 3.09. The van der Waals surface area contributed by atoms with Gasteiger partial charge in [0.25, 0.3) is 0 Å². The van der Waals surface area contributed by atoms with Crippen LogP contribution >= 0.6 is 0 Å². The van der Waals surface area contributed by atoms with Crippen LogP contribution in [-0.2, 0) is 38.0 Å². The maximum Gasteiger partial charge on any atom is 0.162 e. The maximum atomic E-state index is 12.9. The van der Waals surface area contributed by atoms with E-state index >= 15 is 0 Å². The molecule has 2 unspecified atom stereocenters. The molecular formula is C21H34O8. The average molecular weight is 414 g/mol. The fraction of sp³-hybridized carbons (Fsp3) is 0.905. The van der Waals surface area contributed by atoms with E-state index in [0.29, 0.717) is 25.9 Å². The highest BCUT2D eigenvalue weighted by Gasteiger charge is 2.53. The van der Waals surface area contributed by atoms with Crippen molar-refractivity contribution in [3.05, 3.63) is 0 Å². The molecule has 8 nitrogen and oxygen atoms in total. The molecule has 2 heterocycles. The smallest absolute Gasteiger partial charge is 0.162 e. The van der Waals surface area contributed by atoms with Gasteiger partial charge in [-0.15, -0.1) is 0 Å². The second-order valence-corrected chi connectivity index (χ2v) is 7.96. The Kier molecular flexibility index (Phi) is 9.02. The molecule has 6 atom stereocenters. The molecule has 0 aromatic heterocycles. The minimum Gasteiger partial charge on any atom is -0.355 e. The van der Waals surface area contributed by atoms with Gasteiger partial charge in [0.15, 0.2) is 18.9 Å². The lowest BCUT2D eigenvalue weighted by atomic mass is 9.87. The first-order valence-electron chi connectivity index (χ1n) is 10.7. The normalized spacial score (nSPS) is 35.7. The second-order valence-electron chi connectivity index (χ2n) is 7.96. The number of rotatable bonds is 10. The number of carbonyl (C=O) groups excluding carboxylic acids is 2. The molecule has 3 rings (SSSR count). The molecule has 0 aromatic rings. The lowest BCUT2D eigenvalue weighted by Gasteiger charge is -2.33. The molecule has 2 aliphatic heterocycles. The molecule has 2 saturated heterocycles. The zero-order valence-electron chi connectivity index (χ0n) is 17.5. The fourth-order valence-corrected chi connectivity index (χ4v) is 4.72. The van der Waals surface area contributed by atoms with Gasteiger partial charge in [-0.3, -0.25) is 4.79 Å². The van der Waals surface area contributed by atoms with Crippen LogP contribution in [0.5, 0.6) is 0 Å². The van der Waals surface area contributed by atoms with E-state index in [9.17, 15) is 9.59 Å². The van der Waals surface area contributed by atoms with Crippen LogP contribution in [-0.4, -0.2) is 70.6 Å². The van der Waals surface area contributed by atoms with Crippen molar-refractivity contribution in [2.24, 2.45) is 11.8 Å². The summed E-state index contributed by atoms with van der Waals surface area (Å²) in [5, 5.41) is 0. The molecule has 0 bridgehead atoms. The van der Waals surface area contributed by atoms with Crippen molar-refractivity contribution >= 4 is 12.1 Å². The molecule has 8 heteroatoms. The highest BCUT2D eigenvalue weighted by Crippen LogP contribution is 2.42. The monoisotopic (exact) mass is 414 g/mol. The van der Waals surface area contributed by atoms with E-state index in [-0.39, 0.29) is 30.9 Å². The topological polar surface area (TPSA) is 89.5 Å². The van der Waals surface area contributed by atoms with Gasteiger partial charge in [-0.1, -0.05) is 0 Å². The number of hydrogen-bond donors (Lipinski definition) is 0. The number of methoxy groups -OCH3 is 2. The summed E-state index contributed by atoms with van der Waals surface area (Å²) >= 11 is 0. The number of carbonyl (C=O) groups is 2. The predicted molar refractivity (Wildman–Crippen MR) is 102 cm³/mol. The van der Waals surface area contributed by atoms with Crippen molar-refractivity contribution in [1.82, 2.24) is 0 Å². The molecular weight excluding hydrogens is 380 g/mol. The van der Waals surface area contributed by atoms with E-state index in [1.54, 1.807) is 14.2 Å². The van der Waals surface area contributed by atoms with E-state index in [0.717, 1.165) is 38.5 Å². The van der Waals surface area contributed by atoms with Crippen LogP contribution in [0.25, 0.3) is 0 Å². The van der Waals surface area contributed by atoms with E-state index in [1.807, 2.05) is 0 Å². The summed E-state index contributed by atoms with van der Waals surface area (Å²) in [4.78, 5) is 24.0. The van der Waals surface area contributed by atoms with Gasteiger partial charge in [0.1, 0.15) is 12.1 Å². The summed E-state index contributed by atoms with van der Waals surface area (Å²) < 4.78 is 35.1. The third-order valence-corrected chi connectivity index (χ3v) is 6.07. The van der Waals surface area contributed by atoms with Crippen LogP contribution in [0, 0.1) is 11.8 Å². The van der Waals surface area contributed by atoms with E-state index < -0.39 is 24.2 Å². The molecule has 29 heavy (non-hydrogen) atoms. The summed E-state index contributed by atoms with van der Waals surface area (Å²) in [6.45, 7) is 1.33. The lowest BCUT2D eigenvalue weighted by molar-refractivity contribution is -0.227. The number of ether oxygens (including phenoxy) is 6. The number of hydrogen-bond acceptors (Lipinski definition) is 8. The van der Waals surface area contributed by atoms with Crippen molar-refractivity contribution in [1.29, 1.82) is 0 Å². The summed E-state index contributed by atoms with van der Waals surface area (Å²) in [5.41, 5.74) is 0. The van der Waals surface area contributed by atoms with Gasteiger partial charge in [0.05, 0.1) is 24.5 Å². The molecule has 3 aliphatic rings. The zero-order chi connectivity index (χ0) is 20.6. The Hall–Kier alpha value is -0.900. The lowest BCUT2D eigenvalue weighted by Crippen LogP contribution is -2.43. The minimum absolute atomic E-state index is 0.167. The highest BCUT2D eigenvalue weighted by atomic mass is 16.7. The third kappa shape index (κ3) is 5.83. The summed E-state index contributed by atoms with van der Waals surface area (Å²) in [5.74, 6) is -1.14. The van der Waals surface area contributed by atoms with Gasteiger partial charge in [-0.2, -0.15) is 0 Å². The van der Waals surface area contributed by atoms with Gasteiger partial charge < -0.3 is 33.2 Å². The van der Waals surface area contributed by atoms with E-state index in [4.69, 9.17) is 28.4 Å². The Morgan fingerprint density at radius 3 is 2.03 bits per heavy atom. The molecule has 0 amide bonds. The Morgan fingerprint density at radius 2 is 1.55 bits per heavy atom. The zero-order valence-corrected chi connectivity index (χ0v) is 17.5. The molecule has 1 saturated carbocycles. The molecule has 0 aromatic carbocycles. The van der Waals surface area contributed by atoms with Gasteiger partial charge in [0, 0.05) is 39.8 Å². The quantitative estimate of drug-likeness (QED) is 0.305. The van der Waals surface area contributed by atoms with Crippen LogP contribution in [0.1, 0.15) is 51.4 Å². The van der Waals surface area contributed by atoms with Crippen LogP contribution in [0.15, 0.2) is 0 Å². The Labute approximate surface area is 172 Å². The predicted octanol–water partition coefficient (Wildman–Crippen LogP) is 2.22. The van der Waals surface area contributed by atoms with Crippen molar-refractivity contribution < 1.29 is 38.0 Å². The van der Waals surface area contributed by atoms with Crippen molar-refractivity contribution in [3.63, 3.8) is 0 Å². The number of ketones is 1. The van der Waals surface area contributed by atoms with Gasteiger partial charge in [-0.25, -0.2) is 0 Å². The van der Waals surface area contributed by atoms with Crippen LogP contribution in [0.4, 0.5) is 0 Å². The second kappa shape index (κ2) is 11.5. The van der Waals surface area contributed by atoms with Gasteiger partial charge in [0.2, 0.25) is 0 Å². The molecule has 1 aliphatic carbocycles. The van der Waals surface area contributed by atoms with Crippen LogP contribution in [0.3, 0.4) is 0 Å². The molecule has 3 fully saturated rings. The Bertz CT molecular complexity index is 511. The summed E-state index contributed by atoms with van der Waals surface area (Å²) in [6, 6.07) is 0. The maximum absolute atomic E-state index is 12.9. The van der Waals surface area contributed by atoms with Crippen molar-refractivity contribution in [2.45, 2.75) is 82.4 Å². The standard InChI is InChI=1S/C21H34O8/c1-24-21(25-2)20-16(29-18-8-4-6-12-27-18)13-15(19(20)14(23)9-10-22)28-17-7-3-5-11-26-17/h10,15-21H,3-9,11-13H2,1-2H3/t15-,16+,17?,18?,19-,20-/m1/s1. The summed E-state index contributed by atoms with van der Waals surface area (Å²) in [6.07, 6.45) is 4.65. The average Bonchev–Trinajstić information content (AvgIpc) is 3.08. The Morgan fingerprint density at radius 1 is 0.966 bits per heavy atom. The fourth-order valence-electron chi connectivity index (χ4n) is 4.72. The number of aldehydes is 1. The first kappa shape index (κ1) is 22.8. The molecule has 166 valence electrons. The van der Waals surface area contributed by atoms with E-state index in [2.05, 4.69) is 0 Å².